The van der Waals surface area contributed by atoms with E-state index in [9.17, 15) is 9.59 Å². The van der Waals surface area contributed by atoms with Crippen molar-refractivity contribution in [3.05, 3.63) is 64.9 Å². The number of amides is 2. The number of hydrogen-bond donors (Lipinski definition) is 1. The van der Waals surface area contributed by atoms with E-state index < -0.39 is 0 Å². The zero-order valence-electron chi connectivity index (χ0n) is 18.9. The summed E-state index contributed by atoms with van der Waals surface area (Å²) in [6.07, 6.45) is 3.82. The molecule has 6 rings (SSSR count). The molecule has 34 heavy (non-hydrogen) atoms. The van der Waals surface area contributed by atoms with Gasteiger partial charge in [0.25, 0.3) is 11.8 Å². The number of aryl methyl sites for hydroxylation is 2. The Morgan fingerprint density at radius 1 is 0.824 bits per heavy atom. The summed E-state index contributed by atoms with van der Waals surface area (Å²) in [5, 5.41) is 4.94. The van der Waals surface area contributed by atoms with Crippen molar-refractivity contribution >= 4 is 62.1 Å². The van der Waals surface area contributed by atoms with Gasteiger partial charge in [0.05, 0.1) is 29.9 Å². The minimum Gasteiger partial charge on any atom is -0.378 e. The molecule has 4 aromatic rings. The first-order valence-electron chi connectivity index (χ1n) is 11.2. The Morgan fingerprint density at radius 3 is 2.00 bits per heavy atom. The number of nitrogens with one attached hydrogen (secondary N) is 1. The maximum Gasteiger partial charge on any atom is 0.259 e. The van der Waals surface area contributed by atoms with E-state index in [0.717, 1.165) is 51.7 Å². The van der Waals surface area contributed by atoms with E-state index in [-0.39, 0.29) is 11.8 Å². The Hall–Kier alpha value is -3.55. The van der Waals surface area contributed by atoms with Crippen molar-refractivity contribution in [1.29, 1.82) is 0 Å². The Labute approximate surface area is 201 Å². The molecular formula is C26H23ClN4O3. The molecule has 0 radical (unpaired) electrons. The molecular weight excluding hydrogens is 452 g/mol. The number of fused-ring (bicyclic) bond motifs is 2. The highest BCUT2D eigenvalue weighted by molar-refractivity contribution is 6.50. The molecule has 2 amide bonds. The van der Waals surface area contributed by atoms with Crippen LogP contribution in [0.4, 0.5) is 5.69 Å². The number of rotatable bonds is 3. The molecule has 0 spiro atoms. The van der Waals surface area contributed by atoms with Gasteiger partial charge in [-0.05, 0) is 24.3 Å². The molecule has 1 saturated heterocycles. The smallest absolute Gasteiger partial charge is 0.259 e. The summed E-state index contributed by atoms with van der Waals surface area (Å²) in [4.78, 5) is 28.4. The molecule has 2 aliphatic rings. The van der Waals surface area contributed by atoms with Gasteiger partial charge < -0.3 is 18.8 Å². The van der Waals surface area contributed by atoms with Crippen molar-refractivity contribution in [1.82, 2.24) is 14.5 Å². The third kappa shape index (κ3) is 3.15. The van der Waals surface area contributed by atoms with Crippen LogP contribution in [0.25, 0.3) is 33.0 Å². The van der Waals surface area contributed by atoms with E-state index in [1.807, 2.05) is 53.8 Å². The van der Waals surface area contributed by atoms with Crippen molar-refractivity contribution in [3.63, 3.8) is 0 Å². The highest BCUT2D eigenvalue weighted by Crippen LogP contribution is 2.39. The summed E-state index contributed by atoms with van der Waals surface area (Å²) in [5.74, 6) is -0.764. The first kappa shape index (κ1) is 21.0. The number of nitrogens with zero attached hydrogens (tertiary/aromatic N) is 3. The van der Waals surface area contributed by atoms with Crippen molar-refractivity contribution in [2.24, 2.45) is 14.1 Å². The molecule has 0 unspecified atom stereocenters. The maximum atomic E-state index is 13.1. The SMILES string of the molecule is Cn1cc(C2=C(c3cn(C)c4cc(N5CCOCC5)ccc34)C(=O)NC2=O)c2ccc(Cl)cc21. The Kier molecular flexibility index (Phi) is 4.79. The number of halogens is 1. The molecule has 0 aliphatic carbocycles. The molecule has 2 aromatic carbocycles. The van der Waals surface area contributed by atoms with Crippen LogP contribution >= 0.6 is 11.6 Å². The van der Waals surface area contributed by atoms with Crippen molar-refractivity contribution < 1.29 is 14.3 Å². The number of carbonyl (C=O) groups is 2. The van der Waals surface area contributed by atoms with Gasteiger partial charge in [0.1, 0.15) is 0 Å². The number of imide groups is 1. The fraction of sp³-hybridized carbons (Fsp3) is 0.231. The van der Waals surface area contributed by atoms with E-state index in [2.05, 4.69) is 22.3 Å². The third-order valence-corrected chi connectivity index (χ3v) is 7.01. The molecule has 0 saturated carbocycles. The van der Waals surface area contributed by atoms with Crippen LogP contribution in [-0.4, -0.2) is 47.3 Å². The van der Waals surface area contributed by atoms with Crippen LogP contribution in [-0.2, 0) is 28.4 Å². The molecule has 2 aromatic heterocycles. The van der Waals surface area contributed by atoms with E-state index >= 15 is 0 Å². The third-order valence-electron chi connectivity index (χ3n) is 6.77. The molecule has 172 valence electrons. The molecule has 2 aliphatic heterocycles. The number of morpholine rings is 1. The topological polar surface area (TPSA) is 68.5 Å². The van der Waals surface area contributed by atoms with Crippen LogP contribution in [0.5, 0.6) is 0 Å². The normalized spacial score (nSPS) is 16.9. The van der Waals surface area contributed by atoms with Crippen molar-refractivity contribution in [3.8, 4) is 0 Å². The number of hydrogen-bond acceptors (Lipinski definition) is 4. The second kappa shape index (κ2) is 7.75. The number of carbonyl (C=O) groups excluding carboxylic acids is 2. The predicted octanol–water partition coefficient (Wildman–Crippen LogP) is 3.73. The minimum absolute atomic E-state index is 0.379. The Morgan fingerprint density at radius 2 is 1.38 bits per heavy atom. The summed E-state index contributed by atoms with van der Waals surface area (Å²) >= 11 is 6.20. The van der Waals surface area contributed by atoms with E-state index in [0.29, 0.717) is 29.4 Å². The van der Waals surface area contributed by atoms with Crippen LogP contribution < -0.4 is 10.2 Å². The molecule has 7 nitrogen and oxygen atoms in total. The predicted molar refractivity (Wildman–Crippen MR) is 134 cm³/mol. The van der Waals surface area contributed by atoms with E-state index in [1.54, 1.807) is 6.07 Å². The zero-order chi connectivity index (χ0) is 23.6. The van der Waals surface area contributed by atoms with E-state index in [1.165, 1.54) is 0 Å². The van der Waals surface area contributed by atoms with Gasteiger partial charge in [-0.3, -0.25) is 14.9 Å². The fourth-order valence-electron chi connectivity index (χ4n) is 5.12. The summed E-state index contributed by atoms with van der Waals surface area (Å²) in [5.41, 5.74) is 5.28. The van der Waals surface area contributed by atoms with Crippen molar-refractivity contribution in [2.45, 2.75) is 0 Å². The Bertz CT molecular complexity index is 1540. The van der Waals surface area contributed by atoms with Crippen LogP contribution in [0.1, 0.15) is 11.1 Å². The maximum absolute atomic E-state index is 13.1. The molecule has 1 fully saturated rings. The van der Waals surface area contributed by atoms with Crippen LogP contribution in [0.2, 0.25) is 5.02 Å². The average Bonchev–Trinajstić information content (AvgIpc) is 3.44. The van der Waals surface area contributed by atoms with Crippen molar-refractivity contribution in [2.75, 3.05) is 31.2 Å². The van der Waals surface area contributed by atoms with Gasteiger partial charge in [0.2, 0.25) is 0 Å². The summed E-state index contributed by atoms with van der Waals surface area (Å²) in [6.45, 7) is 3.12. The van der Waals surface area contributed by atoms with Gasteiger partial charge in [0.15, 0.2) is 0 Å². The van der Waals surface area contributed by atoms with Gasteiger partial charge in [-0.15, -0.1) is 0 Å². The molecule has 4 heterocycles. The molecule has 8 heteroatoms. The van der Waals surface area contributed by atoms with Gasteiger partial charge in [-0.2, -0.15) is 0 Å². The fourth-order valence-corrected chi connectivity index (χ4v) is 5.28. The summed E-state index contributed by atoms with van der Waals surface area (Å²) in [7, 11) is 3.87. The lowest BCUT2D eigenvalue weighted by Crippen LogP contribution is -2.36. The second-order valence-corrected chi connectivity index (χ2v) is 9.24. The number of ether oxygens (including phenoxy) is 1. The highest BCUT2D eigenvalue weighted by Gasteiger charge is 2.35. The molecule has 0 atom stereocenters. The summed E-state index contributed by atoms with van der Waals surface area (Å²) < 4.78 is 9.42. The number of benzene rings is 2. The van der Waals surface area contributed by atoms with Crippen LogP contribution in [0, 0.1) is 0 Å². The average molecular weight is 475 g/mol. The summed E-state index contributed by atoms with van der Waals surface area (Å²) in [6, 6.07) is 11.8. The first-order valence-corrected chi connectivity index (χ1v) is 11.6. The molecule has 0 bridgehead atoms. The highest BCUT2D eigenvalue weighted by atomic mass is 35.5. The number of aromatic nitrogens is 2. The standard InChI is InChI=1S/C26H23ClN4O3/c1-29-13-19(17-5-3-15(27)11-21(17)29)23-24(26(33)28-25(23)32)20-14-30(2)22-12-16(4-6-18(20)22)31-7-9-34-10-8-31/h3-6,11-14H,7-10H2,1-2H3,(H,28,32,33). The lowest BCUT2D eigenvalue weighted by molar-refractivity contribution is -0.122. The van der Waals surface area contributed by atoms with Crippen LogP contribution in [0.3, 0.4) is 0 Å². The monoisotopic (exact) mass is 474 g/mol. The number of anilines is 1. The second-order valence-electron chi connectivity index (χ2n) is 8.80. The molecule has 1 N–H and O–H groups in total. The minimum atomic E-state index is -0.385. The quantitative estimate of drug-likeness (QED) is 0.459. The zero-order valence-corrected chi connectivity index (χ0v) is 19.6. The van der Waals surface area contributed by atoms with Gasteiger partial charge in [-0.1, -0.05) is 23.7 Å². The Balaban J connectivity index is 1.55. The van der Waals surface area contributed by atoms with E-state index in [4.69, 9.17) is 16.3 Å². The van der Waals surface area contributed by atoms with Gasteiger partial charge in [0, 0.05) is 77.7 Å². The van der Waals surface area contributed by atoms with Gasteiger partial charge in [-0.25, -0.2) is 0 Å². The lowest BCUT2D eigenvalue weighted by Gasteiger charge is -2.29. The van der Waals surface area contributed by atoms with Gasteiger partial charge >= 0.3 is 0 Å². The first-order chi connectivity index (χ1) is 16.4. The largest absolute Gasteiger partial charge is 0.378 e. The lowest BCUT2D eigenvalue weighted by atomic mass is 9.95. The van der Waals surface area contributed by atoms with Crippen LogP contribution in [0.15, 0.2) is 48.8 Å².